The van der Waals surface area contributed by atoms with E-state index in [0.29, 0.717) is 33.6 Å². The molecular weight excluding hydrogens is 366 g/mol. The summed E-state index contributed by atoms with van der Waals surface area (Å²) < 4.78 is 1.78. The number of carbonyl (C=O) groups excluding carboxylic acids is 1. The number of benzene rings is 2. The van der Waals surface area contributed by atoms with Crippen molar-refractivity contribution in [2.45, 2.75) is 0 Å². The second-order valence-electron chi connectivity index (χ2n) is 6.55. The van der Waals surface area contributed by atoms with E-state index in [4.69, 9.17) is 0 Å². The van der Waals surface area contributed by atoms with Gasteiger partial charge in [0, 0.05) is 17.3 Å². The number of aromatic nitrogens is 4. The number of amides is 1. The molecule has 0 saturated heterocycles. The maximum absolute atomic E-state index is 12.7. The Bertz CT molecular complexity index is 1410. The van der Waals surface area contributed by atoms with Crippen LogP contribution in [-0.2, 0) is 0 Å². The normalized spacial score (nSPS) is 11.0. The van der Waals surface area contributed by atoms with Crippen LogP contribution in [0.15, 0.2) is 84.0 Å². The van der Waals surface area contributed by atoms with Crippen LogP contribution < -0.4 is 10.9 Å². The maximum atomic E-state index is 12.7. The van der Waals surface area contributed by atoms with E-state index in [1.807, 2.05) is 30.3 Å². The standard InChI is InChI=1S/C22H15N5O2/c28-21(25-16-7-4-10-23-12-16)15-8-9-17-18(11-15)27-19(22(29)26-17)13-24-20(27)14-5-2-1-3-6-14/h1-13H,(H,25,28)(H,26,29). The molecule has 140 valence electrons. The molecule has 7 nitrogen and oxygen atoms in total. The molecule has 3 heterocycles. The molecule has 1 amide bonds. The summed E-state index contributed by atoms with van der Waals surface area (Å²) in [4.78, 5) is 36.5. The van der Waals surface area contributed by atoms with Gasteiger partial charge in [0.25, 0.3) is 11.5 Å². The van der Waals surface area contributed by atoms with Gasteiger partial charge in [-0.15, -0.1) is 0 Å². The van der Waals surface area contributed by atoms with Crippen molar-refractivity contribution in [3.05, 3.63) is 95.2 Å². The molecule has 7 heteroatoms. The molecule has 0 spiro atoms. The van der Waals surface area contributed by atoms with Crippen LogP contribution in [0.3, 0.4) is 0 Å². The molecule has 5 rings (SSSR count). The van der Waals surface area contributed by atoms with Gasteiger partial charge < -0.3 is 10.3 Å². The van der Waals surface area contributed by atoms with Gasteiger partial charge in [0.05, 0.1) is 29.1 Å². The highest BCUT2D eigenvalue weighted by Gasteiger charge is 2.15. The number of fused-ring (bicyclic) bond motifs is 3. The summed E-state index contributed by atoms with van der Waals surface area (Å²) in [5, 5.41) is 2.82. The van der Waals surface area contributed by atoms with Crippen molar-refractivity contribution in [2.75, 3.05) is 5.32 Å². The van der Waals surface area contributed by atoms with Crippen LogP contribution >= 0.6 is 0 Å². The SMILES string of the molecule is O=C(Nc1cccnc1)c1ccc2[nH]c(=O)c3cnc(-c4ccccc4)n3c2c1. The van der Waals surface area contributed by atoms with Gasteiger partial charge in [-0.2, -0.15) is 0 Å². The van der Waals surface area contributed by atoms with E-state index in [1.165, 1.54) is 0 Å². The van der Waals surface area contributed by atoms with Gasteiger partial charge in [-0.1, -0.05) is 30.3 Å². The van der Waals surface area contributed by atoms with Gasteiger partial charge >= 0.3 is 0 Å². The number of pyridine rings is 1. The molecule has 0 aliphatic carbocycles. The second kappa shape index (κ2) is 6.72. The molecular formula is C22H15N5O2. The number of imidazole rings is 1. The van der Waals surface area contributed by atoms with Crippen LogP contribution in [0.1, 0.15) is 10.4 Å². The predicted molar refractivity (Wildman–Crippen MR) is 111 cm³/mol. The van der Waals surface area contributed by atoms with E-state index in [-0.39, 0.29) is 11.5 Å². The first-order chi connectivity index (χ1) is 14.2. The molecule has 0 saturated carbocycles. The smallest absolute Gasteiger partial charge is 0.274 e. The summed E-state index contributed by atoms with van der Waals surface area (Å²) in [7, 11) is 0. The summed E-state index contributed by atoms with van der Waals surface area (Å²) in [6.07, 6.45) is 4.77. The number of H-pyrrole nitrogens is 1. The fraction of sp³-hybridized carbons (Fsp3) is 0. The van der Waals surface area contributed by atoms with E-state index < -0.39 is 0 Å². The van der Waals surface area contributed by atoms with Crippen LogP contribution in [-0.4, -0.2) is 25.3 Å². The van der Waals surface area contributed by atoms with E-state index in [2.05, 4.69) is 20.3 Å². The number of nitrogens with one attached hydrogen (secondary N) is 2. The largest absolute Gasteiger partial charge is 0.321 e. The number of carbonyl (C=O) groups is 1. The minimum Gasteiger partial charge on any atom is -0.321 e. The molecule has 2 N–H and O–H groups in total. The van der Waals surface area contributed by atoms with E-state index in [0.717, 1.165) is 5.56 Å². The number of aromatic amines is 1. The third-order valence-corrected chi connectivity index (χ3v) is 4.69. The van der Waals surface area contributed by atoms with Gasteiger partial charge in [0.2, 0.25) is 0 Å². The Kier molecular flexibility index (Phi) is 3.91. The lowest BCUT2D eigenvalue weighted by molar-refractivity contribution is 0.102. The van der Waals surface area contributed by atoms with Crippen LogP contribution in [0.4, 0.5) is 5.69 Å². The zero-order valence-corrected chi connectivity index (χ0v) is 15.2. The molecule has 0 aliphatic rings. The maximum Gasteiger partial charge on any atom is 0.274 e. The Morgan fingerprint density at radius 1 is 0.966 bits per heavy atom. The Morgan fingerprint density at radius 3 is 2.62 bits per heavy atom. The third kappa shape index (κ3) is 2.94. The number of hydrogen-bond donors (Lipinski definition) is 2. The molecule has 29 heavy (non-hydrogen) atoms. The molecule has 0 aliphatic heterocycles. The number of rotatable bonds is 3. The Labute approximate surface area is 164 Å². The molecule has 2 aromatic carbocycles. The Hall–Kier alpha value is -4.26. The van der Waals surface area contributed by atoms with Gasteiger partial charge in [-0.05, 0) is 30.3 Å². The van der Waals surface area contributed by atoms with Crippen molar-refractivity contribution in [1.82, 2.24) is 19.4 Å². The Morgan fingerprint density at radius 2 is 1.83 bits per heavy atom. The molecule has 5 aromatic rings. The Balaban J connectivity index is 1.69. The molecule has 0 radical (unpaired) electrons. The first-order valence-electron chi connectivity index (χ1n) is 9.01. The molecule has 0 unspecified atom stereocenters. The zero-order valence-electron chi connectivity index (χ0n) is 15.2. The lowest BCUT2D eigenvalue weighted by Gasteiger charge is -2.09. The second-order valence-corrected chi connectivity index (χ2v) is 6.55. The number of hydrogen-bond acceptors (Lipinski definition) is 4. The van der Waals surface area contributed by atoms with Crippen molar-refractivity contribution in [3.63, 3.8) is 0 Å². The fourth-order valence-corrected chi connectivity index (χ4v) is 3.34. The predicted octanol–water partition coefficient (Wildman–Crippen LogP) is 3.49. The third-order valence-electron chi connectivity index (χ3n) is 4.69. The van der Waals surface area contributed by atoms with Crippen molar-refractivity contribution in [3.8, 4) is 11.4 Å². The fourth-order valence-electron chi connectivity index (χ4n) is 3.34. The highest BCUT2D eigenvalue weighted by atomic mass is 16.1. The highest BCUT2D eigenvalue weighted by Crippen LogP contribution is 2.23. The topological polar surface area (TPSA) is 92.1 Å². The minimum atomic E-state index is -0.263. The monoisotopic (exact) mass is 381 g/mol. The molecule has 0 atom stereocenters. The molecule has 0 fully saturated rings. The average Bonchev–Trinajstić information content (AvgIpc) is 3.21. The van der Waals surface area contributed by atoms with E-state index >= 15 is 0 Å². The van der Waals surface area contributed by atoms with Crippen LogP contribution in [0.2, 0.25) is 0 Å². The van der Waals surface area contributed by atoms with E-state index in [9.17, 15) is 9.59 Å². The minimum absolute atomic E-state index is 0.236. The zero-order chi connectivity index (χ0) is 19.8. The van der Waals surface area contributed by atoms with Crippen molar-refractivity contribution in [2.24, 2.45) is 0 Å². The number of anilines is 1. The van der Waals surface area contributed by atoms with Gasteiger partial charge in [0.1, 0.15) is 11.3 Å². The summed E-state index contributed by atoms with van der Waals surface area (Å²) in [5.74, 6) is 0.377. The molecule has 3 aromatic heterocycles. The summed E-state index contributed by atoms with van der Waals surface area (Å²) in [6, 6.07) is 18.3. The first-order valence-corrected chi connectivity index (χ1v) is 9.01. The van der Waals surface area contributed by atoms with Crippen LogP contribution in [0, 0.1) is 0 Å². The lowest BCUT2D eigenvalue weighted by atomic mass is 10.1. The summed E-state index contributed by atoms with van der Waals surface area (Å²) in [5.41, 5.74) is 3.44. The highest BCUT2D eigenvalue weighted by molar-refractivity contribution is 6.06. The van der Waals surface area contributed by atoms with Gasteiger partial charge in [0.15, 0.2) is 0 Å². The van der Waals surface area contributed by atoms with Crippen molar-refractivity contribution < 1.29 is 4.79 Å². The van der Waals surface area contributed by atoms with Gasteiger partial charge in [-0.3, -0.25) is 19.0 Å². The quantitative estimate of drug-likeness (QED) is 0.500. The van der Waals surface area contributed by atoms with Crippen molar-refractivity contribution in [1.29, 1.82) is 0 Å². The van der Waals surface area contributed by atoms with Crippen LogP contribution in [0.5, 0.6) is 0 Å². The molecule has 0 bridgehead atoms. The average molecular weight is 381 g/mol. The lowest BCUT2D eigenvalue weighted by Crippen LogP contribution is -2.14. The van der Waals surface area contributed by atoms with Crippen LogP contribution in [0.25, 0.3) is 27.9 Å². The van der Waals surface area contributed by atoms with Crippen molar-refractivity contribution >= 4 is 28.1 Å². The summed E-state index contributed by atoms with van der Waals surface area (Å²) >= 11 is 0. The summed E-state index contributed by atoms with van der Waals surface area (Å²) in [6.45, 7) is 0. The first kappa shape index (κ1) is 16.9. The van der Waals surface area contributed by atoms with E-state index in [1.54, 1.807) is 53.3 Å². The van der Waals surface area contributed by atoms with Gasteiger partial charge in [-0.25, -0.2) is 4.98 Å². The number of nitrogens with zero attached hydrogens (tertiary/aromatic N) is 3.